The molecule has 0 aromatic heterocycles. The maximum Gasteiger partial charge on any atom is 0.338 e. The minimum atomic E-state index is -0.673. The van der Waals surface area contributed by atoms with Crippen molar-refractivity contribution in [2.24, 2.45) is 5.73 Å². The standard InChI is InChI=1S/C11H23NO2.C4H2O3/c12-10-8-6-4-2-1-3-5-7-9-11(13)14;5-3-1-2-4(6)7-3/h1-10,12H2,(H,13,14);1-2H. The van der Waals surface area contributed by atoms with Gasteiger partial charge < -0.3 is 15.6 Å². The van der Waals surface area contributed by atoms with Gasteiger partial charge in [-0.1, -0.05) is 38.5 Å². The third kappa shape index (κ3) is 14.5. The molecule has 0 aromatic carbocycles. The van der Waals surface area contributed by atoms with E-state index in [9.17, 15) is 14.4 Å². The molecule has 0 unspecified atom stereocenters. The lowest BCUT2D eigenvalue weighted by Gasteiger charge is -2.00. The summed E-state index contributed by atoms with van der Waals surface area (Å²) in [6, 6.07) is 0. The first kappa shape index (κ1) is 19.3. The number of carboxylic acids is 1. The molecule has 0 saturated carbocycles. The molecule has 0 aromatic rings. The van der Waals surface area contributed by atoms with Gasteiger partial charge in [-0.25, -0.2) is 9.59 Å². The summed E-state index contributed by atoms with van der Waals surface area (Å²) >= 11 is 0. The first-order valence-electron chi connectivity index (χ1n) is 7.42. The number of esters is 2. The van der Waals surface area contributed by atoms with E-state index in [1.807, 2.05) is 0 Å². The number of carbonyl (C=O) groups excluding carboxylic acids is 2. The van der Waals surface area contributed by atoms with Crippen molar-refractivity contribution in [1.29, 1.82) is 0 Å². The molecule has 0 amide bonds. The molecule has 120 valence electrons. The summed E-state index contributed by atoms with van der Waals surface area (Å²) in [7, 11) is 0. The Labute approximate surface area is 125 Å². The highest BCUT2D eigenvalue weighted by Gasteiger charge is 2.10. The summed E-state index contributed by atoms with van der Waals surface area (Å²) in [6.07, 6.45) is 11.7. The van der Waals surface area contributed by atoms with Gasteiger partial charge in [-0.05, 0) is 19.4 Å². The molecule has 1 rings (SSSR count). The summed E-state index contributed by atoms with van der Waals surface area (Å²) in [5.74, 6) is -1.83. The predicted octanol–water partition coefficient (Wildman–Crippen LogP) is 2.17. The maximum absolute atomic E-state index is 10.2. The average Bonchev–Trinajstić information content (AvgIpc) is 2.81. The Hall–Kier alpha value is -1.69. The second-order valence-electron chi connectivity index (χ2n) is 4.83. The third-order valence-electron chi connectivity index (χ3n) is 2.90. The van der Waals surface area contributed by atoms with Crippen LogP contribution in [0.4, 0.5) is 0 Å². The number of rotatable bonds is 10. The molecule has 0 saturated heterocycles. The number of unbranched alkanes of at least 4 members (excludes halogenated alkanes) is 7. The molecular formula is C15H25NO5. The van der Waals surface area contributed by atoms with E-state index in [2.05, 4.69) is 4.74 Å². The van der Waals surface area contributed by atoms with E-state index in [4.69, 9.17) is 10.8 Å². The van der Waals surface area contributed by atoms with Crippen LogP contribution in [-0.4, -0.2) is 29.6 Å². The van der Waals surface area contributed by atoms with E-state index >= 15 is 0 Å². The Kier molecular flexibility index (Phi) is 12.2. The molecule has 0 radical (unpaired) electrons. The number of nitrogens with two attached hydrogens (primary N) is 1. The van der Waals surface area contributed by atoms with Crippen LogP contribution in [0, 0.1) is 0 Å². The topological polar surface area (TPSA) is 107 Å². The van der Waals surface area contributed by atoms with Crippen molar-refractivity contribution in [3.05, 3.63) is 12.2 Å². The molecule has 0 spiro atoms. The Morgan fingerprint density at radius 3 is 1.67 bits per heavy atom. The van der Waals surface area contributed by atoms with E-state index < -0.39 is 17.9 Å². The van der Waals surface area contributed by atoms with Gasteiger partial charge in [0.1, 0.15) is 0 Å². The number of aliphatic carboxylic acids is 1. The molecule has 6 heteroatoms. The number of hydrogen-bond donors (Lipinski definition) is 2. The van der Waals surface area contributed by atoms with Crippen molar-refractivity contribution < 1.29 is 24.2 Å². The lowest BCUT2D eigenvalue weighted by Crippen LogP contribution is -1.97. The summed E-state index contributed by atoms with van der Waals surface area (Å²) in [5.41, 5.74) is 5.38. The van der Waals surface area contributed by atoms with E-state index in [1.54, 1.807) is 0 Å². The summed E-state index contributed by atoms with van der Waals surface area (Å²) in [5, 5.41) is 8.40. The van der Waals surface area contributed by atoms with Crippen molar-refractivity contribution in [1.82, 2.24) is 0 Å². The zero-order chi connectivity index (χ0) is 15.9. The highest BCUT2D eigenvalue weighted by Crippen LogP contribution is 2.09. The van der Waals surface area contributed by atoms with Crippen LogP contribution >= 0.6 is 0 Å². The number of hydrogen-bond acceptors (Lipinski definition) is 5. The van der Waals surface area contributed by atoms with Gasteiger partial charge in [0.15, 0.2) is 0 Å². The smallest absolute Gasteiger partial charge is 0.338 e. The fourth-order valence-corrected chi connectivity index (χ4v) is 1.78. The molecule has 1 aliphatic rings. The second-order valence-corrected chi connectivity index (χ2v) is 4.83. The zero-order valence-corrected chi connectivity index (χ0v) is 12.4. The fraction of sp³-hybridized carbons (Fsp3) is 0.667. The first-order chi connectivity index (χ1) is 10.1. The molecule has 0 aliphatic carbocycles. The van der Waals surface area contributed by atoms with Crippen LogP contribution < -0.4 is 5.73 Å². The molecule has 0 atom stereocenters. The Bertz CT molecular complexity index is 336. The SMILES string of the molecule is NCCCCCCCCCCC(=O)O.O=C1C=CC(=O)O1. The monoisotopic (exact) mass is 299 g/mol. The van der Waals surface area contributed by atoms with Crippen molar-refractivity contribution in [2.75, 3.05) is 6.54 Å². The van der Waals surface area contributed by atoms with Crippen molar-refractivity contribution in [3.63, 3.8) is 0 Å². The predicted molar refractivity (Wildman–Crippen MR) is 78.5 cm³/mol. The van der Waals surface area contributed by atoms with Gasteiger partial charge in [0.2, 0.25) is 0 Å². The lowest BCUT2D eigenvalue weighted by atomic mass is 10.1. The maximum atomic E-state index is 10.2. The van der Waals surface area contributed by atoms with Crippen LogP contribution in [0.15, 0.2) is 12.2 Å². The summed E-state index contributed by atoms with van der Waals surface area (Å²) in [6.45, 7) is 0.804. The van der Waals surface area contributed by atoms with E-state index in [1.165, 1.54) is 32.1 Å². The van der Waals surface area contributed by atoms with Gasteiger partial charge >= 0.3 is 17.9 Å². The Morgan fingerprint density at radius 1 is 0.905 bits per heavy atom. The largest absolute Gasteiger partial charge is 0.481 e. The number of ether oxygens (including phenoxy) is 1. The minimum Gasteiger partial charge on any atom is -0.481 e. The Balaban J connectivity index is 0.000000471. The van der Waals surface area contributed by atoms with Gasteiger partial charge in [0.05, 0.1) is 0 Å². The van der Waals surface area contributed by atoms with Gasteiger partial charge in [0.25, 0.3) is 0 Å². The van der Waals surface area contributed by atoms with Crippen LogP contribution in [0.5, 0.6) is 0 Å². The van der Waals surface area contributed by atoms with Crippen molar-refractivity contribution in [3.8, 4) is 0 Å². The van der Waals surface area contributed by atoms with Gasteiger partial charge in [-0.15, -0.1) is 0 Å². The van der Waals surface area contributed by atoms with Crippen LogP contribution in [0.1, 0.15) is 57.8 Å². The van der Waals surface area contributed by atoms with Crippen LogP contribution in [0.2, 0.25) is 0 Å². The second kappa shape index (κ2) is 13.3. The Morgan fingerprint density at radius 2 is 1.33 bits per heavy atom. The highest BCUT2D eigenvalue weighted by atomic mass is 16.6. The first-order valence-corrected chi connectivity index (χ1v) is 7.42. The average molecular weight is 299 g/mol. The quantitative estimate of drug-likeness (QED) is 0.364. The van der Waals surface area contributed by atoms with E-state index in [-0.39, 0.29) is 0 Å². The molecule has 0 fully saturated rings. The lowest BCUT2D eigenvalue weighted by molar-refractivity contribution is -0.150. The zero-order valence-electron chi connectivity index (χ0n) is 12.4. The minimum absolute atomic E-state index is 0.327. The molecule has 3 N–H and O–H groups in total. The number of carbonyl (C=O) groups is 3. The van der Waals surface area contributed by atoms with Crippen LogP contribution in [0.25, 0.3) is 0 Å². The third-order valence-corrected chi connectivity index (χ3v) is 2.90. The molecule has 21 heavy (non-hydrogen) atoms. The van der Waals surface area contributed by atoms with Crippen molar-refractivity contribution in [2.45, 2.75) is 57.8 Å². The molecule has 0 bridgehead atoms. The van der Waals surface area contributed by atoms with Gasteiger partial charge in [0, 0.05) is 18.6 Å². The van der Waals surface area contributed by atoms with E-state index in [0.717, 1.165) is 38.0 Å². The van der Waals surface area contributed by atoms with Gasteiger partial charge in [-0.2, -0.15) is 0 Å². The van der Waals surface area contributed by atoms with Crippen LogP contribution in [-0.2, 0) is 19.1 Å². The van der Waals surface area contributed by atoms with Crippen molar-refractivity contribution >= 4 is 17.9 Å². The number of carboxylic acid groups (broad SMARTS) is 1. The fourth-order valence-electron chi connectivity index (χ4n) is 1.78. The van der Waals surface area contributed by atoms with Gasteiger partial charge in [-0.3, -0.25) is 4.79 Å². The number of cyclic esters (lactones) is 2. The molecule has 1 aliphatic heterocycles. The molecular weight excluding hydrogens is 274 g/mol. The molecule has 1 heterocycles. The van der Waals surface area contributed by atoms with Crippen LogP contribution in [0.3, 0.4) is 0 Å². The normalized spacial score (nSPS) is 12.8. The molecule has 6 nitrogen and oxygen atoms in total. The summed E-state index contributed by atoms with van der Waals surface area (Å²) in [4.78, 5) is 30.0. The summed E-state index contributed by atoms with van der Waals surface area (Å²) < 4.78 is 3.97. The highest BCUT2D eigenvalue weighted by molar-refractivity contribution is 6.04. The van der Waals surface area contributed by atoms with E-state index in [0.29, 0.717) is 6.42 Å².